The maximum Gasteiger partial charge on any atom is 0.143 e. The number of benzene rings is 9. The second-order valence-electron chi connectivity index (χ2n) is 12.9. The first-order valence-electron chi connectivity index (χ1n) is 17.1. The van der Waals surface area contributed by atoms with Crippen LogP contribution in [-0.2, 0) is 0 Å². The van der Waals surface area contributed by atoms with E-state index in [0.717, 1.165) is 50.1 Å². The largest absolute Gasteiger partial charge is 0.455 e. The summed E-state index contributed by atoms with van der Waals surface area (Å²) in [5.74, 6) is 0. The molecule has 0 unspecified atom stereocenters. The van der Waals surface area contributed by atoms with Crippen LogP contribution in [-0.4, -0.2) is 0 Å². The first-order valence-corrected chi connectivity index (χ1v) is 17.1. The molecule has 2 heteroatoms. The number of rotatable bonds is 5. The summed E-state index contributed by atoms with van der Waals surface area (Å²) >= 11 is 0. The summed E-state index contributed by atoms with van der Waals surface area (Å²) in [6, 6.07) is 67.4. The van der Waals surface area contributed by atoms with E-state index in [1.807, 2.05) is 6.07 Å². The van der Waals surface area contributed by atoms with E-state index in [0.29, 0.717) is 0 Å². The fourth-order valence-corrected chi connectivity index (χ4v) is 7.71. The lowest BCUT2D eigenvalue weighted by atomic mass is 9.93. The lowest BCUT2D eigenvalue weighted by Gasteiger charge is -2.26. The summed E-state index contributed by atoms with van der Waals surface area (Å²) in [5.41, 5.74) is 9.85. The van der Waals surface area contributed by atoms with Gasteiger partial charge >= 0.3 is 0 Å². The van der Waals surface area contributed by atoms with Gasteiger partial charge in [0.2, 0.25) is 0 Å². The Labute approximate surface area is 290 Å². The Bertz CT molecular complexity index is 2850. The standard InChI is InChI=1S/C48H31NO/c1-3-12-32(13-4-1)41-20-11-21-44-47-40-28-27-38(30-35(40)24-29-46(47)50-48(41)44)49(36-15-5-2-6-16-36)37-25-22-33(23-26-37)45-31-34-14-7-8-17-39(34)42-18-9-10-19-43(42)45/h1-31H. The van der Waals surface area contributed by atoms with Crippen LogP contribution in [0.5, 0.6) is 0 Å². The molecule has 1 aromatic heterocycles. The number of nitrogens with zero attached hydrogens (tertiary/aromatic N) is 1. The van der Waals surface area contributed by atoms with Crippen molar-refractivity contribution in [3.8, 4) is 22.3 Å². The van der Waals surface area contributed by atoms with Crippen molar-refractivity contribution in [2.24, 2.45) is 0 Å². The monoisotopic (exact) mass is 637 g/mol. The van der Waals surface area contributed by atoms with Gasteiger partial charge in [0.05, 0.1) is 0 Å². The molecule has 10 rings (SSSR count). The van der Waals surface area contributed by atoms with Crippen LogP contribution in [0.25, 0.3) is 76.5 Å². The van der Waals surface area contributed by atoms with Gasteiger partial charge in [-0.05, 0) is 97.5 Å². The fraction of sp³-hybridized carbons (Fsp3) is 0. The summed E-state index contributed by atoms with van der Waals surface area (Å²) < 4.78 is 6.55. The third-order valence-corrected chi connectivity index (χ3v) is 10.0. The normalized spacial score (nSPS) is 11.6. The Hall–Kier alpha value is -6.64. The number of fused-ring (bicyclic) bond motifs is 8. The van der Waals surface area contributed by atoms with E-state index in [1.165, 1.54) is 43.4 Å². The molecule has 2 nitrogen and oxygen atoms in total. The van der Waals surface area contributed by atoms with Crippen LogP contribution >= 0.6 is 0 Å². The zero-order valence-electron chi connectivity index (χ0n) is 27.3. The van der Waals surface area contributed by atoms with Crippen molar-refractivity contribution in [3.63, 3.8) is 0 Å². The van der Waals surface area contributed by atoms with E-state index in [2.05, 4.69) is 187 Å². The van der Waals surface area contributed by atoms with E-state index < -0.39 is 0 Å². The van der Waals surface area contributed by atoms with Gasteiger partial charge in [0.1, 0.15) is 11.2 Å². The summed E-state index contributed by atoms with van der Waals surface area (Å²) in [6.07, 6.45) is 0. The summed E-state index contributed by atoms with van der Waals surface area (Å²) in [4.78, 5) is 2.34. The molecule has 9 aromatic carbocycles. The van der Waals surface area contributed by atoms with Crippen molar-refractivity contribution in [3.05, 3.63) is 188 Å². The molecule has 1 heterocycles. The van der Waals surface area contributed by atoms with E-state index in [9.17, 15) is 0 Å². The molecular formula is C48H31NO. The zero-order chi connectivity index (χ0) is 33.0. The average molecular weight is 638 g/mol. The van der Waals surface area contributed by atoms with E-state index >= 15 is 0 Å². The smallest absolute Gasteiger partial charge is 0.143 e. The van der Waals surface area contributed by atoms with E-state index in [4.69, 9.17) is 4.42 Å². The molecule has 0 amide bonds. The Kier molecular flexibility index (Phi) is 6.53. The minimum absolute atomic E-state index is 0.903. The van der Waals surface area contributed by atoms with Crippen LogP contribution in [0.15, 0.2) is 192 Å². The molecule has 0 saturated carbocycles. The van der Waals surface area contributed by atoms with Crippen LogP contribution in [0.3, 0.4) is 0 Å². The molecule has 0 aliphatic rings. The van der Waals surface area contributed by atoms with Gasteiger partial charge in [0, 0.05) is 33.4 Å². The van der Waals surface area contributed by atoms with E-state index in [1.54, 1.807) is 0 Å². The summed E-state index contributed by atoms with van der Waals surface area (Å²) in [5, 5.41) is 9.72. The highest BCUT2D eigenvalue weighted by Gasteiger charge is 2.18. The number of para-hydroxylation sites is 2. The van der Waals surface area contributed by atoms with Gasteiger partial charge in [-0.2, -0.15) is 0 Å². The van der Waals surface area contributed by atoms with Gasteiger partial charge in [-0.15, -0.1) is 0 Å². The quantitative estimate of drug-likeness (QED) is 0.175. The minimum atomic E-state index is 0.903. The Morgan fingerprint density at radius 1 is 0.340 bits per heavy atom. The number of hydrogen-bond acceptors (Lipinski definition) is 2. The van der Waals surface area contributed by atoms with Crippen molar-refractivity contribution in [2.45, 2.75) is 0 Å². The highest BCUT2D eigenvalue weighted by atomic mass is 16.3. The van der Waals surface area contributed by atoms with Crippen molar-refractivity contribution >= 4 is 71.3 Å². The highest BCUT2D eigenvalue weighted by Crippen LogP contribution is 2.43. The molecule has 0 aliphatic carbocycles. The molecule has 0 atom stereocenters. The predicted molar refractivity (Wildman–Crippen MR) is 212 cm³/mol. The molecule has 0 N–H and O–H groups in total. The van der Waals surface area contributed by atoms with Crippen LogP contribution in [0.4, 0.5) is 17.1 Å². The van der Waals surface area contributed by atoms with Gasteiger partial charge < -0.3 is 9.32 Å². The second-order valence-corrected chi connectivity index (χ2v) is 12.9. The second kappa shape index (κ2) is 11.5. The van der Waals surface area contributed by atoms with Gasteiger partial charge in [0.15, 0.2) is 0 Å². The molecule has 0 aliphatic heterocycles. The third-order valence-electron chi connectivity index (χ3n) is 10.0. The maximum atomic E-state index is 6.55. The minimum Gasteiger partial charge on any atom is -0.455 e. The molecule has 0 saturated heterocycles. The summed E-state index contributed by atoms with van der Waals surface area (Å²) in [7, 11) is 0. The van der Waals surface area contributed by atoms with Crippen molar-refractivity contribution in [2.75, 3.05) is 4.90 Å². The van der Waals surface area contributed by atoms with Gasteiger partial charge in [-0.1, -0.05) is 140 Å². The lowest BCUT2D eigenvalue weighted by molar-refractivity contribution is 0.670. The number of anilines is 3. The van der Waals surface area contributed by atoms with Crippen LogP contribution in [0.1, 0.15) is 0 Å². The molecule has 0 bridgehead atoms. The molecule has 234 valence electrons. The Morgan fingerprint density at radius 2 is 0.960 bits per heavy atom. The van der Waals surface area contributed by atoms with Crippen molar-refractivity contribution in [1.82, 2.24) is 0 Å². The molecule has 0 spiro atoms. The topological polar surface area (TPSA) is 16.4 Å². The number of furan rings is 1. The van der Waals surface area contributed by atoms with Crippen molar-refractivity contribution < 1.29 is 4.42 Å². The first kappa shape index (κ1) is 28.4. The molecule has 0 radical (unpaired) electrons. The van der Waals surface area contributed by atoms with Crippen LogP contribution in [0.2, 0.25) is 0 Å². The SMILES string of the molecule is c1ccc(-c2cccc3c2oc2ccc4cc(N(c5ccccc5)c5ccc(-c6cc7ccccc7c7ccccc67)cc5)ccc4c23)cc1. The first-order chi connectivity index (χ1) is 24.8. The van der Waals surface area contributed by atoms with Gasteiger partial charge in [0.25, 0.3) is 0 Å². The highest BCUT2D eigenvalue weighted by molar-refractivity contribution is 6.21. The maximum absolute atomic E-state index is 6.55. The van der Waals surface area contributed by atoms with Crippen molar-refractivity contribution in [1.29, 1.82) is 0 Å². The molecule has 50 heavy (non-hydrogen) atoms. The van der Waals surface area contributed by atoms with Crippen LogP contribution in [0, 0.1) is 0 Å². The zero-order valence-corrected chi connectivity index (χ0v) is 27.3. The fourth-order valence-electron chi connectivity index (χ4n) is 7.71. The molecule has 10 aromatic rings. The van der Waals surface area contributed by atoms with Gasteiger partial charge in [-0.3, -0.25) is 0 Å². The third kappa shape index (κ3) is 4.57. The molecular weight excluding hydrogens is 607 g/mol. The average Bonchev–Trinajstić information content (AvgIpc) is 3.58. The Balaban J connectivity index is 1.10. The van der Waals surface area contributed by atoms with E-state index in [-0.39, 0.29) is 0 Å². The van der Waals surface area contributed by atoms with Crippen LogP contribution < -0.4 is 4.90 Å². The predicted octanol–water partition coefficient (Wildman–Crippen LogP) is 13.8. The summed E-state index contributed by atoms with van der Waals surface area (Å²) in [6.45, 7) is 0. The van der Waals surface area contributed by atoms with Gasteiger partial charge in [-0.25, -0.2) is 0 Å². The lowest BCUT2D eigenvalue weighted by Crippen LogP contribution is -2.09. The molecule has 0 fully saturated rings. The number of hydrogen-bond donors (Lipinski definition) is 0. The Morgan fingerprint density at radius 3 is 1.78 bits per heavy atom.